The van der Waals surface area contributed by atoms with E-state index in [0.29, 0.717) is 12.5 Å². The zero-order valence-electron chi connectivity index (χ0n) is 11.6. The summed E-state index contributed by atoms with van der Waals surface area (Å²) in [4.78, 5) is 10.9. The van der Waals surface area contributed by atoms with Gasteiger partial charge >= 0.3 is 5.97 Å². The SMILES string of the molecule is COC(=O)CCN(C)S(=O)(=O)NCCCC(C)C. The van der Waals surface area contributed by atoms with Crippen LogP contribution in [0, 0.1) is 5.92 Å². The molecule has 7 heteroatoms. The monoisotopic (exact) mass is 280 g/mol. The van der Waals surface area contributed by atoms with Crippen molar-refractivity contribution in [3.05, 3.63) is 0 Å². The molecule has 0 saturated heterocycles. The maximum atomic E-state index is 11.7. The molecule has 0 aromatic rings. The summed E-state index contributed by atoms with van der Waals surface area (Å²) in [6, 6.07) is 0. The quantitative estimate of drug-likeness (QED) is 0.499. The highest BCUT2D eigenvalue weighted by atomic mass is 32.2. The Labute approximate surface area is 110 Å². The highest BCUT2D eigenvalue weighted by Gasteiger charge is 2.17. The van der Waals surface area contributed by atoms with Crippen molar-refractivity contribution >= 4 is 16.2 Å². The Kier molecular flexibility index (Phi) is 8.13. The number of methoxy groups -OCH3 is 1. The summed E-state index contributed by atoms with van der Waals surface area (Å²) >= 11 is 0. The van der Waals surface area contributed by atoms with Crippen LogP contribution in [0.25, 0.3) is 0 Å². The third-order valence-electron chi connectivity index (χ3n) is 2.51. The van der Waals surface area contributed by atoms with Gasteiger partial charge in [-0.25, -0.2) is 4.72 Å². The lowest BCUT2D eigenvalue weighted by molar-refractivity contribution is -0.140. The minimum Gasteiger partial charge on any atom is -0.469 e. The molecule has 0 aliphatic carbocycles. The van der Waals surface area contributed by atoms with Crippen LogP contribution >= 0.6 is 0 Å². The van der Waals surface area contributed by atoms with Gasteiger partial charge in [-0.2, -0.15) is 12.7 Å². The highest BCUT2D eigenvalue weighted by molar-refractivity contribution is 7.87. The van der Waals surface area contributed by atoms with Gasteiger partial charge in [0.05, 0.1) is 13.5 Å². The predicted octanol–water partition coefficient (Wildman–Crippen LogP) is 0.752. The van der Waals surface area contributed by atoms with Gasteiger partial charge in [-0.1, -0.05) is 13.8 Å². The van der Waals surface area contributed by atoms with Crippen molar-refractivity contribution in [2.75, 3.05) is 27.2 Å². The van der Waals surface area contributed by atoms with Crippen LogP contribution in [0.15, 0.2) is 0 Å². The summed E-state index contributed by atoms with van der Waals surface area (Å²) in [6.45, 7) is 4.73. The molecule has 0 amide bonds. The first-order valence-electron chi connectivity index (χ1n) is 6.07. The van der Waals surface area contributed by atoms with E-state index in [9.17, 15) is 13.2 Å². The van der Waals surface area contributed by atoms with E-state index < -0.39 is 16.2 Å². The Balaban J connectivity index is 4.00. The van der Waals surface area contributed by atoms with Crippen LogP contribution in [0.4, 0.5) is 0 Å². The first-order chi connectivity index (χ1) is 8.29. The van der Waals surface area contributed by atoms with Crippen LogP contribution in [0.1, 0.15) is 33.1 Å². The molecule has 0 saturated carbocycles. The van der Waals surface area contributed by atoms with Crippen molar-refractivity contribution < 1.29 is 17.9 Å². The summed E-state index contributed by atoms with van der Waals surface area (Å²) < 4.78 is 31.6. The van der Waals surface area contributed by atoms with Gasteiger partial charge in [0.25, 0.3) is 10.2 Å². The van der Waals surface area contributed by atoms with Gasteiger partial charge in [0.15, 0.2) is 0 Å². The summed E-state index contributed by atoms with van der Waals surface area (Å²) in [5, 5.41) is 0. The fraction of sp³-hybridized carbons (Fsp3) is 0.909. The lowest BCUT2D eigenvalue weighted by Crippen LogP contribution is -2.39. The number of esters is 1. The molecule has 0 spiro atoms. The molecule has 0 heterocycles. The second kappa shape index (κ2) is 8.44. The topological polar surface area (TPSA) is 75.7 Å². The molecule has 1 N–H and O–H groups in total. The molecule has 0 aliphatic rings. The van der Waals surface area contributed by atoms with Crippen LogP contribution in [-0.4, -0.2) is 45.9 Å². The number of rotatable bonds is 9. The Morgan fingerprint density at radius 3 is 2.50 bits per heavy atom. The number of carbonyl (C=O) groups is 1. The average Bonchev–Trinajstić information content (AvgIpc) is 2.30. The second-order valence-corrected chi connectivity index (χ2v) is 6.45. The maximum Gasteiger partial charge on any atom is 0.306 e. The van der Waals surface area contributed by atoms with Gasteiger partial charge in [0.2, 0.25) is 0 Å². The molecule has 0 atom stereocenters. The van der Waals surface area contributed by atoms with Crippen molar-refractivity contribution in [1.29, 1.82) is 0 Å². The number of ether oxygens (including phenoxy) is 1. The van der Waals surface area contributed by atoms with Crippen LogP contribution in [0.5, 0.6) is 0 Å². The highest BCUT2D eigenvalue weighted by Crippen LogP contribution is 2.03. The molecule has 0 aromatic heterocycles. The van der Waals surface area contributed by atoms with Gasteiger partial charge in [-0.15, -0.1) is 0 Å². The molecule has 0 rings (SSSR count). The molecule has 0 unspecified atom stereocenters. The molecular weight excluding hydrogens is 256 g/mol. The van der Waals surface area contributed by atoms with Gasteiger partial charge in [0.1, 0.15) is 0 Å². The Bertz CT molecular complexity index is 341. The number of nitrogens with one attached hydrogen (secondary N) is 1. The average molecular weight is 280 g/mol. The molecule has 18 heavy (non-hydrogen) atoms. The normalized spacial score (nSPS) is 12.1. The van der Waals surface area contributed by atoms with E-state index in [1.807, 2.05) is 0 Å². The van der Waals surface area contributed by atoms with Crippen molar-refractivity contribution in [3.63, 3.8) is 0 Å². The van der Waals surface area contributed by atoms with Crippen LogP contribution in [0.2, 0.25) is 0 Å². The summed E-state index contributed by atoms with van der Waals surface area (Å²) in [5.41, 5.74) is 0. The van der Waals surface area contributed by atoms with E-state index in [1.165, 1.54) is 14.2 Å². The smallest absolute Gasteiger partial charge is 0.306 e. The summed E-state index contributed by atoms with van der Waals surface area (Å²) in [7, 11) is -0.770. The van der Waals surface area contributed by atoms with E-state index in [-0.39, 0.29) is 13.0 Å². The molecule has 0 radical (unpaired) electrons. The maximum absolute atomic E-state index is 11.7. The van der Waals surface area contributed by atoms with Crippen molar-refractivity contribution in [1.82, 2.24) is 9.03 Å². The summed E-state index contributed by atoms with van der Waals surface area (Å²) in [6.07, 6.45) is 1.84. The Hall–Kier alpha value is -0.660. The van der Waals surface area contributed by atoms with Gasteiger partial charge in [-0.3, -0.25) is 4.79 Å². The second-order valence-electron chi connectivity index (χ2n) is 4.58. The lowest BCUT2D eigenvalue weighted by Gasteiger charge is -2.17. The third-order valence-corrected chi connectivity index (χ3v) is 4.08. The molecule has 0 aliphatic heterocycles. The molecule has 0 aromatic carbocycles. The minimum absolute atomic E-state index is 0.0555. The first-order valence-corrected chi connectivity index (χ1v) is 7.51. The molecule has 0 bridgehead atoms. The Morgan fingerprint density at radius 2 is 2.00 bits per heavy atom. The van der Waals surface area contributed by atoms with Crippen LogP contribution < -0.4 is 4.72 Å². The number of hydrogen-bond donors (Lipinski definition) is 1. The third kappa shape index (κ3) is 7.62. The van der Waals surface area contributed by atoms with E-state index >= 15 is 0 Å². The van der Waals surface area contributed by atoms with Crippen molar-refractivity contribution in [2.24, 2.45) is 5.92 Å². The largest absolute Gasteiger partial charge is 0.469 e. The van der Waals surface area contributed by atoms with Gasteiger partial charge in [-0.05, 0) is 18.8 Å². The fourth-order valence-corrected chi connectivity index (χ4v) is 2.25. The molecular formula is C11H24N2O4S. The van der Waals surface area contributed by atoms with Crippen molar-refractivity contribution in [3.8, 4) is 0 Å². The number of carbonyl (C=O) groups excluding carboxylic acids is 1. The standard InChI is InChI=1S/C11H24N2O4S/c1-10(2)6-5-8-12-18(15,16)13(3)9-7-11(14)17-4/h10,12H,5-9H2,1-4H3. The summed E-state index contributed by atoms with van der Waals surface area (Å²) in [5.74, 6) is 0.142. The van der Waals surface area contributed by atoms with Gasteiger partial charge in [0, 0.05) is 20.1 Å². The minimum atomic E-state index is -3.49. The van der Waals surface area contributed by atoms with E-state index in [2.05, 4.69) is 23.3 Å². The van der Waals surface area contributed by atoms with E-state index in [4.69, 9.17) is 0 Å². The van der Waals surface area contributed by atoms with Gasteiger partial charge < -0.3 is 4.74 Å². The fourth-order valence-electron chi connectivity index (χ4n) is 1.29. The number of nitrogens with zero attached hydrogens (tertiary/aromatic N) is 1. The van der Waals surface area contributed by atoms with Crippen LogP contribution in [-0.2, 0) is 19.7 Å². The van der Waals surface area contributed by atoms with Crippen molar-refractivity contribution in [2.45, 2.75) is 33.1 Å². The van der Waals surface area contributed by atoms with E-state index in [1.54, 1.807) is 0 Å². The Morgan fingerprint density at radius 1 is 1.39 bits per heavy atom. The first kappa shape index (κ1) is 17.3. The zero-order chi connectivity index (χ0) is 14.2. The molecule has 108 valence electrons. The predicted molar refractivity (Wildman–Crippen MR) is 70.3 cm³/mol. The number of hydrogen-bond acceptors (Lipinski definition) is 4. The van der Waals surface area contributed by atoms with E-state index in [0.717, 1.165) is 17.1 Å². The van der Waals surface area contributed by atoms with Crippen LogP contribution in [0.3, 0.4) is 0 Å². The zero-order valence-corrected chi connectivity index (χ0v) is 12.4. The molecule has 0 fully saturated rings. The molecule has 6 nitrogen and oxygen atoms in total. The lowest BCUT2D eigenvalue weighted by atomic mass is 10.1.